The molecule has 0 unspecified atom stereocenters. The molecule has 0 aliphatic carbocycles. The summed E-state index contributed by atoms with van der Waals surface area (Å²) in [6.45, 7) is 0. The molecule has 0 bridgehead atoms. The number of carboxylic acid groups (broad SMARTS) is 1. The minimum Gasteiger partial charge on any atom is -0.465 e. The van der Waals surface area contributed by atoms with Crippen LogP contribution in [0, 0.1) is 0 Å². The predicted molar refractivity (Wildman–Crippen MR) is 40.9 cm³/mol. The maximum Gasteiger partial charge on any atom is 0.409 e. The van der Waals surface area contributed by atoms with Gasteiger partial charge in [-0.15, -0.1) is 11.6 Å². The fraction of sp³-hybridized carbons (Fsp3) is 0.750. The normalized spacial score (nSPS) is 11.2. The minimum atomic E-state index is -1.53. The van der Waals surface area contributed by atoms with Crippen molar-refractivity contribution in [1.82, 2.24) is 4.90 Å². The van der Waals surface area contributed by atoms with Gasteiger partial charge in [0, 0.05) is 7.05 Å². The Hall–Kier alpha value is 0.140. The lowest BCUT2D eigenvalue weighted by Crippen LogP contribution is -2.41. The molecule has 6 heteroatoms. The highest BCUT2D eigenvalue weighted by molar-refractivity contribution is 6.51. The van der Waals surface area contributed by atoms with E-state index in [0.29, 0.717) is 0 Å². The van der Waals surface area contributed by atoms with Crippen LogP contribution in [0.1, 0.15) is 0 Å². The van der Waals surface area contributed by atoms with Gasteiger partial charge in [0.25, 0.3) is 0 Å². The van der Waals surface area contributed by atoms with Crippen molar-refractivity contribution in [2.24, 2.45) is 0 Å². The zero-order valence-corrected chi connectivity index (χ0v) is 7.41. The van der Waals surface area contributed by atoms with E-state index in [4.69, 9.17) is 39.9 Å². The van der Waals surface area contributed by atoms with Crippen LogP contribution in [0.4, 0.5) is 4.79 Å². The van der Waals surface area contributed by atoms with Crippen LogP contribution in [0.15, 0.2) is 0 Å². The first-order valence-corrected chi connectivity index (χ1v) is 3.61. The van der Waals surface area contributed by atoms with Crippen LogP contribution >= 0.6 is 34.8 Å². The van der Waals surface area contributed by atoms with Crippen LogP contribution in [0.2, 0.25) is 0 Å². The monoisotopic (exact) mass is 205 g/mol. The molecule has 0 atom stereocenters. The third-order valence-corrected chi connectivity index (χ3v) is 2.37. The summed E-state index contributed by atoms with van der Waals surface area (Å²) in [5, 5.41) is 8.35. The molecule has 0 aromatic heterocycles. The van der Waals surface area contributed by atoms with Crippen LogP contribution in [-0.2, 0) is 0 Å². The Bertz CT molecular complexity index is 138. The van der Waals surface area contributed by atoms with Crippen molar-refractivity contribution >= 4 is 40.9 Å². The first kappa shape index (κ1) is 10.1. The van der Waals surface area contributed by atoms with Gasteiger partial charge in [-0.25, -0.2) is 4.79 Å². The van der Waals surface area contributed by atoms with Gasteiger partial charge in [-0.2, -0.15) is 0 Å². The van der Waals surface area contributed by atoms with Crippen LogP contribution in [0.25, 0.3) is 0 Å². The van der Waals surface area contributed by atoms with Crippen LogP contribution < -0.4 is 0 Å². The molecule has 10 heavy (non-hydrogen) atoms. The van der Waals surface area contributed by atoms with E-state index in [1.807, 2.05) is 0 Å². The highest BCUT2D eigenvalue weighted by Crippen LogP contribution is 2.25. The van der Waals surface area contributed by atoms with Gasteiger partial charge in [-0.05, 0) is 0 Å². The molecule has 0 aliphatic heterocycles. The van der Waals surface area contributed by atoms with Crippen LogP contribution in [0.3, 0.4) is 0 Å². The van der Waals surface area contributed by atoms with E-state index in [1.165, 1.54) is 7.05 Å². The van der Waals surface area contributed by atoms with E-state index in [2.05, 4.69) is 0 Å². The third-order valence-electron chi connectivity index (χ3n) is 0.938. The number of hydrogen-bond acceptors (Lipinski definition) is 1. The largest absolute Gasteiger partial charge is 0.465 e. The number of nitrogens with zero attached hydrogens (tertiary/aromatic N) is 1. The molecule has 0 aliphatic rings. The lowest BCUT2D eigenvalue weighted by atomic mass is 10.6. The number of alkyl halides is 3. The first-order valence-electron chi connectivity index (χ1n) is 2.32. The van der Waals surface area contributed by atoms with Gasteiger partial charge in [0.1, 0.15) is 0 Å². The maximum atomic E-state index is 10.2. The van der Waals surface area contributed by atoms with E-state index < -0.39 is 10.6 Å². The zero-order chi connectivity index (χ0) is 8.36. The minimum absolute atomic E-state index is 0.168. The summed E-state index contributed by atoms with van der Waals surface area (Å²) in [7, 11) is 1.24. The second kappa shape index (κ2) is 3.51. The van der Waals surface area contributed by atoms with Gasteiger partial charge in [0.15, 0.2) is 0 Å². The molecule has 0 saturated carbocycles. The predicted octanol–water partition coefficient (Wildman–Crippen LogP) is 1.97. The number of rotatable bonds is 2. The molecular formula is C4H6Cl3NO2. The molecule has 0 fully saturated rings. The maximum absolute atomic E-state index is 10.2. The van der Waals surface area contributed by atoms with Crippen molar-refractivity contribution in [2.45, 2.75) is 4.46 Å². The highest BCUT2D eigenvalue weighted by Gasteiger charge is 2.31. The first-order chi connectivity index (χ1) is 4.41. The molecule has 0 radical (unpaired) electrons. The average Bonchev–Trinajstić information content (AvgIpc) is 1.86. The van der Waals surface area contributed by atoms with Crippen molar-refractivity contribution in [3.8, 4) is 0 Å². The lowest BCUT2D eigenvalue weighted by Gasteiger charge is -2.25. The second-order valence-corrected chi connectivity index (χ2v) is 3.35. The number of halogens is 3. The third kappa shape index (κ3) is 2.40. The topological polar surface area (TPSA) is 40.5 Å². The Balaban J connectivity index is 4.17. The van der Waals surface area contributed by atoms with E-state index in [0.717, 1.165) is 4.90 Å². The SMILES string of the molecule is CN(C(=O)O)C(Cl)(Cl)CCl. The number of carbonyl (C=O) groups is 1. The Labute approximate surface area is 73.5 Å². The van der Waals surface area contributed by atoms with Crippen LogP contribution in [-0.4, -0.2) is 33.5 Å². The van der Waals surface area contributed by atoms with Gasteiger partial charge < -0.3 is 5.11 Å². The van der Waals surface area contributed by atoms with Crippen molar-refractivity contribution < 1.29 is 9.90 Å². The van der Waals surface area contributed by atoms with E-state index in [1.54, 1.807) is 0 Å². The second-order valence-electron chi connectivity index (χ2n) is 1.64. The van der Waals surface area contributed by atoms with E-state index in [9.17, 15) is 4.79 Å². The smallest absolute Gasteiger partial charge is 0.409 e. The zero-order valence-electron chi connectivity index (χ0n) is 5.14. The quantitative estimate of drug-likeness (QED) is 0.554. The molecule has 0 aromatic carbocycles. The Kier molecular flexibility index (Phi) is 3.56. The van der Waals surface area contributed by atoms with E-state index in [-0.39, 0.29) is 5.88 Å². The fourth-order valence-corrected chi connectivity index (χ4v) is 0.553. The van der Waals surface area contributed by atoms with Gasteiger partial charge >= 0.3 is 6.09 Å². The van der Waals surface area contributed by atoms with Crippen molar-refractivity contribution in [2.75, 3.05) is 12.9 Å². The van der Waals surface area contributed by atoms with Crippen molar-refractivity contribution in [3.63, 3.8) is 0 Å². The van der Waals surface area contributed by atoms with Gasteiger partial charge in [-0.1, -0.05) is 23.2 Å². The summed E-state index contributed by atoms with van der Waals surface area (Å²) in [6.07, 6.45) is -1.22. The molecule has 0 rings (SSSR count). The molecular weight excluding hydrogens is 200 g/mol. The van der Waals surface area contributed by atoms with Crippen molar-refractivity contribution in [3.05, 3.63) is 0 Å². The highest BCUT2D eigenvalue weighted by atomic mass is 35.5. The summed E-state index contributed by atoms with van der Waals surface area (Å²) < 4.78 is -1.53. The number of hydrogen-bond donors (Lipinski definition) is 1. The van der Waals surface area contributed by atoms with E-state index >= 15 is 0 Å². The summed E-state index contributed by atoms with van der Waals surface area (Å²) in [6, 6.07) is 0. The molecule has 0 saturated heterocycles. The molecule has 0 aromatic rings. The summed E-state index contributed by atoms with van der Waals surface area (Å²) in [4.78, 5) is 10.9. The lowest BCUT2D eigenvalue weighted by molar-refractivity contribution is 0.148. The Morgan fingerprint density at radius 3 is 2.20 bits per heavy atom. The molecule has 1 amide bonds. The van der Waals surface area contributed by atoms with Crippen molar-refractivity contribution in [1.29, 1.82) is 0 Å². The van der Waals surface area contributed by atoms with Gasteiger partial charge in [0.2, 0.25) is 4.46 Å². The summed E-state index contributed by atoms with van der Waals surface area (Å²) in [5.74, 6) is -0.168. The molecule has 0 spiro atoms. The number of amides is 1. The summed E-state index contributed by atoms with van der Waals surface area (Å²) in [5.41, 5.74) is 0. The molecule has 3 nitrogen and oxygen atoms in total. The summed E-state index contributed by atoms with van der Waals surface area (Å²) >= 11 is 16.2. The van der Waals surface area contributed by atoms with Crippen LogP contribution in [0.5, 0.6) is 0 Å². The molecule has 1 N–H and O–H groups in total. The standard InChI is InChI=1S/C4H6Cl3NO2/c1-8(3(9)10)4(6,7)2-5/h2H2,1H3,(H,9,10). The molecule has 60 valence electrons. The Morgan fingerprint density at radius 1 is 1.70 bits per heavy atom. The fourth-order valence-electron chi connectivity index (χ4n) is 0.230. The molecule has 0 heterocycles. The van der Waals surface area contributed by atoms with Gasteiger partial charge in [-0.3, -0.25) is 4.90 Å². The average molecular weight is 206 g/mol. The Morgan fingerprint density at radius 2 is 2.10 bits per heavy atom. The van der Waals surface area contributed by atoms with Gasteiger partial charge in [0.05, 0.1) is 5.88 Å².